The molecule has 1 atom stereocenters. The highest BCUT2D eigenvalue weighted by atomic mass is 15.2. The zero-order valence-corrected chi connectivity index (χ0v) is 13.0. The Labute approximate surface area is 121 Å². The molecule has 1 fully saturated rings. The summed E-state index contributed by atoms with van der Waals surface area (Å²) in [6.07, 6.45) is 2.51. The normalized spacial score (nSPS) is 22.6. The van der Waals surface area contributed by atoms with Gasteiger partial charge in [0.05, 0.1) is 17.1 Å². The van der Waals surface area contributed by atoms with Crippen LogP contribution < -0.4 is 5.32 Å². The molecule has 1 N–H and O–H groups in total. The number of piperidine rings is 1. The molecule has 2 aromatic rings. The molecular weight excluding hydrogens is 246 g/mol. The standard InChI is InChI=1S/C17H25N3/c1-12(2)20-14-9-6-5-8-13(14)19-16(20)15-17(3,4)10-7-11-18-15/h5-6,8-9,12,15,18H,7,10-11H2,1-4H3. The maximum Gasteiger partial charge on any atom is 0.127 e. The second kappa shape index (κ2) is 4.88. The van der Waals surface area contributed by atoms with Crippen LogP contribution in [0.25, 0.3) is 11.0 Å². The maximum absolute atomic E-state index is 4.95. The Hall–Kier alpha value is -1.35. The quantitative estimate of drug-likeness (QED) is 0.892. The van der Waals surface area contributed by atoms with E-state index in [2.05, 4.69) is 61.8 Å². The molecule has 0 spiro atoms. The fourth-order valence-electron chi connectivity index (χ4n) is 3.46. The first-order valence-electron chi connectivity index (χ1n) is 7.71. The fraction of sp³-hybridized carbons (Fsp3) is 0.588. The molecule has 0 bridgehead atoms. The fourth-order valence-corrected chi connectivity index (χ4v) is 3.46. The summed E-state index contributed by atoms with van der Waals surface area (Å²) in [5.74, 6) is 1.20. The summed E-state index contributed by atoms with van der Waals surface area (Å²) in [4.78, 5) is 4.95. The summed E-state index contributed by atoms with van der Waals surface area (Å²) in [6, 6.07) is 9.24. The third-order valence-electron chi connectivity index (χ3n) is 4.53. The highest BCUT2D eigenvalue weighted by molar-refractivity contribution is 5.76. The average molecular weight is 271 g/mol. The number of nitrogens with one attached hydrogen (secondary N) is 1. The smallest absolute Gasteiger partial charge is 0.127 e. The number of para-hydroxylation sites is 2. The molecule has 20 heavy (non-hydrogen) atoms. The van der Waals surface area contributed by atoms with Gasteiger partial charge < -0.3 is 9.88 Å². The first-order chi connectivity index (χ1) is 9.50. The molecular formula is C17H25N3. The molecule has 1 aromatic heterocycles. The lowest BCUT2D eigenvalue weighted by Crippen LogP contribution is -2.41. The molecule has 2 heterocycles. The molecule has 1 aliphatic heterocycles. The molecule has 1 unspecified atom stereocenters. The van der Waals surface area contributed by atoms with E-state index in [4.69, 9.17) is 4.98 Å². The van der Waals surface area contributed by atoms with E-state index in [1.807, 2.05) is 0 Å². The van der Waals surface area contributed by atoms with Gasteiger partial charge >= 0.3 is 0 Å². The Morgan fingerprint density at radius 3 is 2.75 bits per heavy atom. The van der Waals surface area contributed by atoms with Crippen LogP contribution in [0.3, 0.4) is 0 Å². The van der Waals surface area contributed by atoms with Gasteiger partial charge in [-0.3, -0.25) is 0 Å². The summed E-state index contributed by atoms with van der Waals surface area (Å²) in [7, 11) is 0. The van der Waals surface area contributed by atoms with Gasteiger partial charge in [-0.1, -0.05) is 26.0 Å². The number of rotatable bonds is 2. The Bertz CT molecular complexity index is 610. The Morgan fingerprint density at radius 1 is 1.30 bits per heavy atom. The van der Waals surface area contributed by atoms with Gasteiger partial charge in [0.15, 0.2) is 0 Å². The summed E-state index contributed by atoms with van der Waals surface area (Å²) in [5, 5.41) is 3.70. The number of imidazole rings is 1. The number of fused-ring (bicyclic) bond motifs is 1. The third kappa shape index (κ3) is 2.14. The van der Waals surface area contributed by atoms with Crippen LogP contribution in [0.15, 0.2) is 24.3 Å². The molecule has 1 saturated heterocycles. The van der Waals surface area contributed by atoms with E-state index in [9.17, 15) is 0 Å². The van der Waals surface area contributed by atoms with Gasteiger partial charge in [0.1, 0.15) is 5.82 Å². The van der Waals surface area contributed by atoms with Gasteiger partial charge in [-0.05, 0) is 50.8 Å². The first-order valence-corrected chi connectivity index (χ1v) is 7.71. The van der Waals surface area contributed by atoms with Crippen molar-refractivity contribution in [3.63, 3.8) is 0 Å². The topological polar surface area (TPSA) is 29.9 Å². The zero-order chi connectivity index (χ0) is 14.3. The van der Waals surface area contributed by atoms with Crippen molar-refractivity contribution in [1.29, 1.82) is 0 Å². The van der Waals surface area contributed by atoms with Crippen LogP contribution in [0.2, 0.25) is 0 Å². The van der Waals surface area contributed by atoms with E-state index in [-0.39, 0.29) is 5.41 Å². The van der Waals surface area contributed by atoms with E-state index < -0.39 is 0 Å². The summed E-state index contributed by atoms with van der Waals surface area (Å²) in [6.45, 7) is 10.3. The van der Waals surface area contributed by atoms with Crippen LogP contribution in [0, 0.1) is 5.41 Å². The summed E-state index contributed by atoms with van der Waals surface area (Å²) in [5.41, 5.74) is 2.62. The van der Waals surface area contributed by atoms with Crippen molar-refractivity contribution in [1.82, 2.24) is 14.9 Å². The van der Waals surface area contributed by atoms with Crippen molar-refractivity contribution in [2.24, 2.45) is 5.41 Å². The number of benzene rings is 1. The number of hydrogen-bond acceptors (Lipinski definition) is 2. The van der Waals surface area contributed by atoms with Crippen molar-refractivity contribution in [3.05, 3.63) is 30.1 Å². The lowest BCUT2D eigenvalue weighted by molar-refractivity contribution is 0.169. The molecule has 0 saturated carbocycles. The molecule has 3 nitrogen and oxygen atoms in total. The van der Waals surface area contributed by atoms with Crippen molar-refractivity contribution in [2.45, 2.75) is 52.6 Å². The third-order valence-corrected chi connectivity index (χ3v) is 4.53. The van der Waals surface area contributed by atoms with Gasteiger partial charge in [0.25, 0.3) is 0 Å². The van der Waals surface area contributed by atoms with Crippen LogP contribution in [-0.4, -0.2) is 16.1 Å². The first kappa shape index (κ1) is 13.6. The van der Waals surface area contributed by atoms with Gasteiger partial charge in [-0.2, -0.15) is 0 Å². The molecule has 0 amide bonds. The molecule has 1 aliphatic rings. The van der Waals surface area contributed by atoms with Gasteiger partial charge in [-0.15, -0.1) is 0 Å². The summed E-state index contributed by atoms with van der Waals surface area (Å²) >= 11 is 0. The average Bonchev–Trinajstić information content (AvgIpc) is 2.76. The van der Waals surface area contributed by atoms with Crippen molar-refractivity contribution < 1.29 is 0 Å². The van der Waals surface area contributed by atoms with Crippen LogP contribution in [0.4, 0.5) is 0 Å². The minimum absolute atomic E-state index is 0.256. The highest BCUT2D eigenvalue weighted by Gasteiger charge is 2.36. The predicted molar refractivity (Wildman–Crippen MR) is 83.9 cm³/mol. The number of nitrogens with zero attached hydrogens (tertiary/aromatic N) is 2. The second-order valence-electron chi connectivity index (χ2n) is 6.90. The lowest BCUT2D eigenvalue weighted by atomic mass is 9.77. The minimum atomic E-state index is 0.256. The SMILES string of the molecule is CC(C)n1c(C2NCCCC2(C)C)nc2ccccc21. The Kier molecular flexibility index (Phi) is 3.33. The van der Waals surface area contributed by atoms with Crippen LogP contribution in [0.5, 0.6) is 0 Å². The van der Waals surface area contributed by atoms with E-state index in [0.717, 1.165) is 12.1 Å². The molecule has 3 rings (SSSR count). The van der Waals surface area contributed by atoms with Crippen molar-refractivity contribution in [3.8, 4) is 0 Å². The largest absolute Gasteiger partial charge is 0.324 e. The van der Waals surface area contributed by atoms with Crippen LogP contribution in [-0.2, 0) is 0 Å². The monoisotopic (exact) mass is 271 g/mol. The Morgan fingerprint density at radius 2 is 2.05 bits per heavy atom. The summed E-state index contributed by atoms with van der Waals surface area (Å²) < 4.78 is 2.40. The highest BCUT2D eigenvalue weighted by Crippen LogP contribution is 2.41. The minimum Gasteiger partial charge on any atom is -0.324 e. The van der Waals surface area contributed by atoms with Crippen molar-refractivity contribution in [2.75, 3.05) is 6.54 Å². The molecule has 108 valence electrons. The van der Waals surface area contributed by atoms with Gasteiger partial charge in [-0.25, -0.2) is 4.98 Å². The maximum atomic E-state index is 4.95. The second-order valence-corrected chi connectivity index (χ2v) is 6.90. The predicted octanol–water partition coefficient (Wildman–Crippen LogP) is 4.07. The van der Waals surface area contributed by atoms with Crippen LogP contribution in [0.1, 0.15) is 58.4 Å². The van der Waals surface area contributed by atoms with E-state index in [1.54, 1.807) is 0 Å². The molecule has 0 aliphatic carbocycles. The molecule has 1 aromatic carbocycles. The lowest BCUT2D eigenvalue weighted by Gasteiger charge is -2.39. The Balaban J connectivity index is 2.17. The van der Waals surface area contributed by atoms with Crippen molar-refractivity contribution >= 4 is 11.0 Å². The number of aromatic nitrogens is 2. The van der Waals surface area contributed by atoms with E-state index >= 15 is 0 Å². The molecule has 3 heteroatoms. The molecule has 0 radical (unpaired) electrons. The van der Waals surface area contributed by atoms with E-state index in [0.29, 0.717) is 12.1 Å². The zero-order valence-electron chi connectivity index (χ0n) is 13.0. The number of hydrogen-bond donors (Lipinski definition) is 1. The van der Waals surface area contributed by atoms with Crippen LogP contribution >= 0.6 is 0 Å². The van der Waals surface area contributed by atoms with E-state index in [1.165, 1.54) is 24.2 Å². The van der Waals surface area contributed by atoms with Gasteiger partial charge in [0.2, 0.25) is 0 Å². The van der Waals surface area contributed by atoms with Gasteiger partial charge in [0, 0.05) is 6.04 Å².